The first-order valence-corrected chi connectivity index (χ1v) is 4.75. The molecule has 1 heterocycles. The van der Waals surface area contributed by atoms with Crippen molar-refractivity contribution in [2.75, 3.05) is 11.5 Å². The third-order valence-corrected chi connectivity index (χ3v) is 2.18. The number of benzene rings is 1. The Balaban J connectivity index is 1.96. The van der Waals surface area contributed by atoms with Crippen LogP contribution in [-0.2, 0) is 12.8 Å². The summed E-state index contributed by atoms with van der Waals surface area (Å²) >= 11 is 0. The van der Waals surface area contributed by atoms with Crippen LogP contribution in [0.2, 0.25) is 0 Å². The molecule has 0 saturated heterocycles. The molecule has 78 valence electrons. The van der Waals surface area contributed by atoms with Crippen molar-refractivity contribution in [3.8, 4) is 0 Å². The van der Waals surface area contributed by atoms with E-state index in [1.807, 2.05) is 24.3 Å². The van der Waals surface area contributed by atoms with Crippen molar-refractivity contribution in [1.29, 1.82) is 0 Å². The van der Waals surface area contributed by atoms with E-state index in [1.165, 1.54) is 5.56 Å². The number of hydrogen-bond donors (Lipinski definition) is 3. The zero-order valence-electron chi connectivity index (χ0n) is 8.27. The molecule has 2 rings (SSSR count). The van der Waals surface area contributed by atoms with Gasteiger partial charge < -0.3 is 11.5 Å². The molecule has 0 aliphatic rings. The highest BCUT2D eigenvalue weighted by molar-refractivity contribution is 5.39. The van der Waals surface area contributed by atoms with Crippen molar-refractivity contribution >= 4 is 11.6 Å². The Kier molecular flexibility index (Phi) is 2.53. The SMILES string of the molecule is Nc1ccc(CCc2nc(N)n[nH]2)cc1. The van der Waals surface area contributed by atoms with Crippen molar-refractivity contribution in [3.05, 3.63) is 35.7 Å². The highest BCUT2D eigenvalue weighted by Crippen LogP contribution is 2.08. The van der Waals surface area contributed by atoms with Crippen molar-refractivity contribution in [1.82, 2.24) is 15.2 Å². The summed E-state index contributed by atoms with van der Waals surface area (Å²) < 4.78 is 0. The van der Waals surface area contributed by atoms with Gasteiger partial charge in [-0.2, -0.15) is 4.98 Å². The van der Waals surface area contributed by atoms with Crippen LogP contribution in [0.15, 0.2) is 24.3 Å². The summed E-state index contributed by atoms with van der Waals surface area (Å²) in [5.74, 6) is 1.10. The third-order valence-electron chi connectivity index (χ3n) is 2.18. The van der Waals surface area contributed by atoms with Gasteiger partial charge in [-0.1, -0.05) is 12.1 Å². The fraction of sp³-hybridized carbons (Fsp3) is 0.200. The normalized spacial score (nSPS) is 10.4. The molecule has 0 amide bonds. The summed E-state index contributed by atoms with van der Waals surface area (Å²) in [5.41, 5.74) is 13.0. The zero-order valence-corrected chi connectivity index (χ0v) is 8.27. The average molecular weight is 203 g/mol. The maximum absolute atomic E-state index is 5.59. The molecule has 5 N–H and O–H groups in total. The minimum absolute atomic E-state index is 0.294. The largest absolute Gasteiger partial charge is 0.399 e. The molecule has 0 spiro atoms. The number of nitrogen functional groups attached to an aromatic ring is 2. The summed E-state index contributed by atoms with van der Waals surface area (Å²) in [5, 5.41) is 6.54. The second kappa shape index (κ2) is 4.00. The van der Waals surface area contributed by atoms with Crippen molar-refractivity contribution in [2.24, 2.45) is 0 Å². The monoisotopic (exact) mass is 203 g/mol. The second-order valence-corrected chi connectivity index (χ2v) is 3.38. The van der Waals surface area contributed by atoms with Gasteiger partial charge in [0.15, 0.2) is 0 Å². The number of aromatic nitrogens is 3. The number of nitrogens with zero attached hydrogens (tertiary/aromatic N) is 2. The Labute approximate surface area is 87.5 Å². The van der Waals surface area contributed by atoms with Crippen LogP contribution in [0.4, 0.5) is 11.6 Å². The predicted octanol–water partition coefficient (Wildman–Crippen LogP) is 0.754. The van der Waals surface area contributed by atoms with Crippen LogP contribution in [0.25, 0.3) is 0 Å². The van der Waals surface area contributed by atoms with E-state index in [0.717, 1.165) is 24.4 Å². The summed E-state index contributed by atoms with van der Waals surface area (Å²) in [6.45, 7) is 0. The van der Waals surface area contributed by atoms with Crippen molar-refractivity contribution in [3.63, 3.8) is 0 Å². The van der Waals surface area contributed by atoms with Crippen LogP contribution in [-0.4, -0.2) is 15.2 Å². The summed E-state index contributed by atoms with van der Waals surface area (Å²) in [7, 11) is 0. The molecule has 5 heteroatoms. The second-order valence-electron chi connectivity index (χ2n) is 3.38. The summed E-state index contributed by atoms with van der Waals surface area (Å²) in [6.07, 6.45) is 1.70. The van der Waals surface area contributed by atoms with E-state index in [0.29, 0.717) is 5.95 Å². The molecule has 2 aromatic rings. The first-order valence-electron chi connectivity index (χ1n) is 4.75. The van der Waals surface area contributed by atoms with Gasteiger partial charge in [0.25, 0.3) is 0 Å². The molecule has 0 bridgehead atoms. The molecule has 1 aromatic carbocycles. The van der Waals surface area contributed by atoms with E-state index in [4.69, 9.17) is 11.5 Å². The molecule has 0 saturated carbocycles. The number of nitrogens with one attached hydrogen (secondary N) is 1. The maximum atomic E-state index is 5.59. The van der Waals surface area contributed by atoms with Crippen LogP contribution in [0.1, 0.15) is 11.4 Å². The number of nitrogens with two attached hydrogens (primary N) is 2. The van der Waals surface area contributed by atoms with Gasteiger partial charge in [0.1, 0.15) is 5.82 Å². The number of anilines is 2. The van der Waals surface area contributed by atoms with Gasteiger partial charge in [-0.15, -0.1) is 5.10 Å². The average Bonchev–Trinajstić information content (AvgIpc) is 2.64. The fourth-order valence-corrected chi connectivity index (χ4v) is 1.37. The molecule has 0 aliphatic heterocycles. The highest BCUT2D eigenvalue weighted by atomic mass is 15.3. The van der Waals surface area contributed by atoms with E-state index in [9.17, 15) is 0 Å². The van der Waals surface area contributed by atoms with E-state index >= 15 is 0 Å². The number of hydrogen-bond acceptors (Lipinski definition) is 4. The lowest BCUT2D eigenvalue weighted by Gasteiger charge is -1.99. The Morgan fingerprint density at radius 3 is 2.40 bits per heavy atom. The van der Waals surface area contributed by atoms with Crippen LogP contribution in [0, 0.1) is 0 Å². The van der Waals surface area contributed by atoms with Gasteiger partial charge in [0.05, 0.1) is 0 Å². The van der Waals surface area contributed by atoms with Gasteiger partial charge in [-0.05, 0) is 24.1 Å². The molecule has 0 radical (unpaired) electrons. The molecule has 0 fully saturated rings. The Morgan fingerprint density at radius 2 is 1.80 bits per heavy atom. The third kappa shape index (κ3) is 2.46. The van der Waals surface area contributed by atoms with Crippen molar-refractivity contribution < 1.29 is 0 Å². The van der Waals surface area contributed by atoms with Crippen LogP contribution in [0.3, 0.4) is 0 Å². The lowest BCUT2D eigenvalue weighted by atomic mass is 10.1. The number of rotatable bonds is 3. The van der Waals surface area contributed by atoms with Crippen LogP contribution >= 0.6 is 0 Å². The first kappa shape index (κ1) is 9.51. The van der Waals surface area contributed by atoms with Gasteiger partial charge in [0, 0.05) is 12.1 Å². The highest BCUT2D eigenvalue weighted by Gasteiger charge is 2.00. The van der Waals surface area contributed by atoms with Gasteiger partial charge in [0.2, 0.25) is 5.95 Å². The van der Waals surface area contributed by atoms with E-state index < -0.39 is 0 Å². The molecular formula is C10H13N5. The topological polar surface area (TPSA) is 93.6 Å². The molecule has 15 heavy (non-hydrogen) atoms. The Morgan fingerprint density at radius 1 is 1.07 bits per heavy atom. The van der Waals surface area contributed by atoms with Crippen LogP contribution < -0.4 is 11.5 Å². The lowest BCUT2D eigenvalue weighted by Crippen LogP contribution is -1.94. The lowest BCUT2D eigenvalue weighted by molar-refractivity contribution is 0.865. The Hall–Kier alpha value is -2.04. The maximum Gasteiger partial charge on any atom is 0.239 e. The Bertz CT molecular complexity index is 431. The quantitative estimate of drug-likeness (QED) is 0.642. The molecular weight excluding hydrogens is 190 g/mol. The number of aromatic amines is 1. The standard InChI is InChI=1S/C10H13N5/c11-8-4-1-7(2-5-8)3-6-9-13-10(12)15-14-9/h1-2,4-5H,3,6,11H2,(H3,12,13,14,15). The minimum atomic E-state index is 0.294. The predicted molar refractivity (Wildman–Crippen MR) is 59.1 cm³/mol. The van der Waals surface area contributed by atoms with Crippen LogP contribution in [0.5, 0.6) is 0 Å². The van der Waals surface area contributed by atoms with E-state index in [-0.39, 0.29) is 0 Å². The fourth-order valence-electron chi connectivity index (χ4n) is 1.37. The summed E-state index contributed by atoms with van der Waals surface area (Å²) in [4.78, 5) is 4.03. The smallest absolute Gasteiger partial charge is 0.239 e. The zero-order chi connectivity index (χ0) is 10.7. The molecule has 0 unspecified atom stereocenters. The first-order chi connectivity index (χ1) is 7.24. The van der Waals surface area contributed by atoms with E-state index in [2.05, 4.69) is 15.2 Å². The van der Waals surface area contributed by atoms with Gasteiger partial charge in [-0.3, -0.25) is 5.10 Å². The number of aryl methyl sites for hydroxylation is 2. The molecule has 1 aromatic heterocycles. The minimum Gasteiger partial charge on any atom is -0.399 e. The molecule has 0 aliphatic carbocycles. The number of H-pyrrole nitrogens is 1. The summed E-state index contributed by atoms with van der Waals surface area (Å²) in [6, 6.07) is 7.80. The molecule has 5 nitrogen and oxygen atoms in total. The van der Waals surface area contributed by atoms with Gasteiger partial charge >= 0.3 is 0 Å². The van der Waals surface area contributed by atoms with Crippen molar-refractivity contribution in [2.45, 2.75) is 12.8 Å². The van der Waals surface area contributed by atoms with Gasteiger partial charge in [-0.25, -0.2) is 0 Å². The van der Waals surface area contributed by atoms with E-state index in [1.54, 1.807) is 0 Å². The molecule has 0 atom stereocenters.